The van der Waals surface area contributed by atoms with Crippen molar-refractivity contribution in [2.45, 2.75) is 71.3 Å². The van der Waals surface area contributed by atoms with Crippen LogP contribution in [-0.2, 0) is 18.4 Å². The van der Waals surface area contributed by atoms with Gasteiger partial charge in [-0.3, -0.25) is 0 Å². The lowest BCUT2D eigenvalue weighted by atomic mass is 9.72. The molecule has 3 aromatic carbocycles. The Morgan fingerprint density at radius 3 is 2.33 bits per heavy atom. The second kappa shape index (κ2) is 9.24. The average Bonchev–Trinajstić information content (AvgIpc) is 3.30. The monoisotopic (exact) mass is 473 g/mol. The third kappa shape index (κ3) is 3.50. The average molecular weight is 474 g/mol. The van der Waals surface area contributed by atoms with Crippen LogP contribution in [0.25, 0.3) is 38.8 Å². The van der Waals surface area contributed by atoms with Crippen LogP contribution in [0, 0.1) is 0 Å². The molecule has 0 radical (unpaired) electrons. The normalized spacial score (nSPS) is 14.5. The number of imidazole rings is 1. The van der Waals surface area contributed by atoms with E-state index in [1.807, 2.05) is 0 Å². The molecule has 0 unspecified atom stereocenters. The van der Waals surface area contributed by atoms with E-state index in [0.717, 1.165) is 13.0 Å². The molecule has 2 heteroatoms. The van der Waals surface area contributed by atoms with E-state index in [1.165, 1.54) is 82.0 Å². The zero-order valence-corrected chi connectivity index (χ0v) is 21.9. The molecule has 0 atom stereocenters. The Bertz CT molecular complexity index is 1520. The molecule has 0 saturated carbocycles. The summed E-state index contributed by atoms with van der Waals surface area (Å²) in [5.41, 5.74) is 9.71. The summed E-state index contributed by atoms with van der Waals surface area (Å²) in [5, 5.41) is 2.81. The Morgan fingerprint density at radius 1 is 0.833 bits per heavy atom. The highest BCUT2D eigenvalue weighted by atomic mass is 15.1. The van der Waals surface area contributed by atoms with Gasteiger partial charge in [0.2, 0.25) is 0 Å². The molecule has 6 rings (SSSR count). The zero-order chi connectivity index (χ0) is 24.7. The fourth-order valence-electron chi connectivity index (χ4n) is 6.59. The van der Waals surface area contributed by atoms with Crippen molar-refractivity contribution in [2.75, 3.05) is 0 Å². The van der Waals surface area contributed by atoms with Gasteiger partial charge in [0.1, 0.15) is 18.1 Å². The lowest BCUT2D eigenvalue weighted by Gasteiger charge is -2.31. The predicted octanol–water partition coefficient (Wildman–Crippen LogP) is 8.52. The van der Waals surface area contributed by atoms with Crippen molar-refractivity contribution >= 4 is 16.4 Å². The molecule has 182 valence electrons. The van der Waals surface area contributed by atoms with E-state index in [9.17, 15) is 0 Å². The van der Waals surface area contributed by atoms with Crippen LogP contribution in [-0.4, -0.2) is 4.40 Å². The molecule has 5 aromatic rings. The van der Waals surface area contributed by atoms with Gasteiger partial charge in [0.15, 0.2) is 0 Å². The fraction of sp³-hybridized carbons (Fsp3) is 0.324. The molecule has 36 heavy (non-hydrogen) atoms. The van der Waals surface area contributed by atoms with Crippen LogP contribution in [0.1, 0.15) is 64.0 Å². The standard InChI is InChI=1S/C34H37N2/c1-4-7-12-25-17-19-26(20-18-25)30-28-15-11-16-29-31(28)33-35(22-21-34(29,5-2)6-3)23-24-36(33)32(30)27-13-9-8-10-14-27/h8-11,13-20,23-24H,4-7,12,21-22H2,1-3H3/q+1. The van der Waals surface area contributed by atoms with E-state index < -0.39 is 0 Å². The number of unbranched alkanes of at least 4 members (excludes halogenated alkanes) is 1. The molecule has 1 aliphatic rings. The quantitative estimate of drug-likeness (QED) is 0.209. The van der Waals surface area contributed by atoms with Gasteiger partial charge in [-0.25, -0.2) is 4.57 Å². The summed E-state index contributed by atoms with van der Waals surface area (Å²) >= 11 is 0. The van der Waals surface area contributed by atoms with Crippen molar-refractivity contribution in [3.63, 3.8) is 0 Å². The summed E-state index contributed by atoms with van der Waals surface area (Å²) in [6.07, 6.45) is 11.7. The van der Waals surface area contributed by atoms with Crippen molar-refractivity contribution < 1.29 is 4.57 Å². The predicted molar refractivity (Wildman–Crippen MR) is 151 cm³/mol. The molecule has 0 aliphatic carbocycles. The number of aryl methyl sites for hydroxylation is 2. The lowest BCUT2D eigenvalue weighted by Crippen LogP contribution is -2.35. The van der Waals surface area contributed by atoms with E-state index in [0.29, 0.717) is 0 Å². The molecule has 2 nitrogen and oxygen atoms in total. The Kier molecular flexibility index (Phi) is 5.91. The molecule has 1 aliphatic heterocycles. The van der Waals surface area contributed by atoms with Gasteiger partial charge in [-0.15, -0.1) is 0 Å². The maximum atomic E-state index is 2.50. The van der Waals surface area contributed by atoms with Crippen LogP contribution in [0.4, 0.5) is 0 Å². The van der Waals surface area contributed by atoms with Gasteiger partial charge < -0.3 is 0 Å². The highest BCUT2D eigenvalue weighted by molar-refractivity contribution is 6.09. The fourth-order valence-corrected chi connectivity index (χ4v) is 6.59. The Morgan fingerprint density at radius 2 is 1.61 bits per heavy atom. The molecule has 0 bridgehead atoms. The minimum atomic E-state index is 0.210. The number of aromatic nitrogens is 2. The first kappa shape index (κ1) is 23.0. The van der Waals surface area contributed by atoms with Crippen LogP contribution >= 0.6 is 0 Å². The van der Waals surface area contributed by atoms with E-state index in [4.69, 9.17) is 0 Å². The van der Waals surface area contributed by atoms with Crippen LogP contribution in [0.15, 0.2) is 85.2 Å². The number of pyridine rings is 1. The van der Waals surface area contributed by atoms with Crippen LogP contribution < -0.4 is 4.57 Å². The van der Waals surface area contributed by atoms with E-state index >= 15 is 0 Å². The number of rotatable bonds is 7. The molecule has 0 N–H and O–H groups in total. The first-order chi connectivity index (χ1) is 17.7. The third-order valence-corrected chi connectivity index (χ3v) is 8.80. The van der Waals surface area contributed by atoms with Gasteiger partial charge in [0.05, 0.1) is 11.9 Å². The van der Waals surface area contributed by atoms with Gasteiger partial charge in [0.25, 0.3) is 5.65 Å². The highest BCUT2D eigenvalue weighted by Gasteiger charge is 2.37. The van der Waals surface area contributed by atoms with Gasteiger partial charge in [-0.05, 0) is 54.2 Å². The zero-order valence-electron chi connectivity index (χ0n) is 21.9. The smallest absolute Gasteiger partial charge is 0.230 e. The first-order valence-electron chi connectivity index (χ1n) is 13.8. The Labute approximate surface area is 215 Å². The van der Waals surface area contributed by atoms with E-state index in [1.54, 1.807) is 0 Å². The van der Waals surface area contributed by atoms with Gasteiger partial charge in [-0.1, -0.05) is 100.0 Å². The van der Waals surface area contributed by atoms with Crippen molar-refractivity contribution in [3.05, 3.63) is 96.3 Å². The molecule has 0 fully saturated rings. The molecular weight excluding hydrogens is 436 g/mol. The van der Waals surface area contributed by atoms with E-state index in [-0.39, 0.29) is 5.41 Å². The molecule has 0 spiro atoms. The molecular formula is C34H37N2+. The molecule has 0 amide bonds. The summed E-state index contributed by atoms with van der Waals surface area (Å²) in [6.45, 7) is 8.08. The number of nitrogens with zero attached hydrogens (tertiary/aromatic N) is 2. The Balaban J connectivity index is 1.74. The van der Waals surface area contributed by atoms with Gasteiger partial charge in [0, 0.05) is 16.5 Å². The minimum Gasteiger partial charge on any atom is -0.230 e. The maximum Gasteiger partial charge on any atom is 0.295 e. The first-order valence-corrected chi connectivity index (χ1v) is 13.8. The third-order valence-electron chi connectivity index (χ3n) is 8.80. The second-order valence-corrected chi connectivity index (χ2v) is 10.5. The van der Waals surface area contributed by atoms with Crippen LogP contribution in [0.3, 0.4) is 0 Å². The topological polar surface area (TPSA) is 8.29 Å². The highest BCUT2D eigenvalue weighted by Crippen LogP contribution is 2.46. The van der Waals surface area contributed by atoms with Crippen LogP contribution in [0.2, 0.25) is 0 Å². The van der Waals surface area contributed by atoms with Gasteiger partial charge in [-0.2, -0.15) is 4.40 Å². The SMILES string of the molecule is CCCCc1ccc(-c2c(-c3ccccc3)n3cc[n+]4c3c3c(cccc23)C(CC)(CC)CC4)cc1. The number of hydrogen-bond acceptors (Lipinski definition) is 0. The van der Waals surface area contributed by atoms with Crippen molar-refractivity contribution in [1.29, 1.82) is 0 Å². The summed E-state index contributed by atoms with van der Waals surface area (Å²) in [4.78, 5) is 0. The molecule has 3 heterocycles. The summed E-state index contributed by atoms with van der Waals surface area (Å²) < 4.78 is 4.98. The van der Waals surface area contributed by atoms with Crippen molar-refractivity contribution in [1.82, 2.24) is 4.40 Å². The largest absolute Gasteiger partial charge is 0.295 e. The lowest BCUT2D eigenvalue weighted by molar-refractivity contribution is -0.671. The van der Waals surface area contributed by atoms with E-state index in [2.05, 4.69) is 115 Å². The summed E-state index contributed by atoms with van der Waals surface area (Å²) in [7, 11) is 0. The van der Waals surface area contributed by atoms with Crippen molar-refractivity contribution in [2.24, 2.45) is 0 Å². The number of benzene rings is 3. The molecule has 0 saturated heterocycles. The van der Waals surface area contributed by atoms with Gasteiger partial charge >= 0.3 is 0 Å². The van der Waals surface area contributed by atoms with Crippen LogP contribution in [0.5, 0.6) is 0 Å². The summed E-state index contributed by atoms with van der Waals surface area (Å²) in [5.74, 6) is 0. The van der Waals surface area contributed by atoms with Crippen molar-refractivity contribution in [3.8, 4) is 22.4 Å². The second-order valence-electron chi connectivity index (χ2n) is 10.5. The molecule has 2 aromatic heterocycles. The number of hydrogen-bond donors (Lipinski definition) is 0. The minimum absolute atomic E-state index is 0.210. The maximum absolute atomic E-state index is 2.50. The Hall–Kier alpha value is -3.39. The summed E-state index contributed by atoms with van der Waals surface area (Å²) in [6, 6.07) is 27.4.